The summed E-state index contributed by atoms with van der Waals surface area (Å²) < 4.78 is 49.1. The number of rotatable bonds is 8. The predicted octanol–water partition coefficient (Wildman–Crippen LogP) is 14.0. The van der Waals surface area contributed by atoms with Crippen molar-refractivity contribution >= 4 is 98.2 Å². The number of anilines is 4. The number of ether oxygens (including phenoxy) is 1. The second kappa shape index (κ2) is 21.6. The zero-order valence-corrected chi connectivity index (χ0v) is 50.9. The molecule has 6 heterocycles. The van der Waals surface area contributed by atoms with Crippen molar-refractivity contribution in [3.8, 4) is 28.4 Å². The molecule has 19 heteroatoms. The van der Waals surface area contributed by atoms with E-state index in [9.17, 15) is 0 Å². The van der Waals surface area contributed by atoms with E-state index in [1.54, 1.807) is 12.4 Å². The Kier molecular flexibility index (Phi) is 15.6. The number of hydrogen-bond acceptors (Lipinski definition) is 11. The number of para-hydroxylation sites is 2. The van der Waals surface area contributed by atoms with Gasteiger partial charge in [-0.1, -0.05) is 182 Å². The maximum absolute atomic E-state index is 6.78. The number of pyridine rings is 2. The number of hydrogen-bond donors (Lipinski definition) is 0. The van der Waals surface area contributed by atoms with Gasteiger partial charge >= 0.3 is 42.7 Å². The van der Waals surface area contributed by atoms with Gasteiger partial charge in [-0.05, 0) is 108 Å². The molecular weight excluding hydrogens is 1170 g/mol. The zero-order valence-electron chi connectivity index (χ0n) is 48.7. The fraction of sp³-hybridized carbons (Fsp3) is 0.328. The molecule has 0 N–H and O–H groups in total. The fourth-order valence-electron chi connectivity index (χ4n) is 10.1. The van der Waals surface area contributed by atoms with Crippen molar-refractivity contribution in [2.75, 3.05) is 9.80 Å². The van der Waals surface area contributed by atoms with Gasteiger partial charge in [-0.25, -0.2) is 4.98 Å². The van der Waals surface area contributed by atoms with Crippen LogP contribution in [0.5, 0.6) is 11.5 Å². The molecule has 0 atom stereocenters. The van der Waals surface area contributed by atoms with Crippen LogP contribution in [0.3, 0.4) is 0 Å². The van der Waals surface area contributed by atoms with Crippen LogP contribution in [0, 0.1) is 18.8 Å². The van der Waals surface area contributed by atoms with Gasteiger partial charge in [0.05, 0.1) is 0 Å². The molecule has 12 nitrogen and oxygen atoms in total. The summed E-state index contributed by atoms with van der Waals surface area (Å²) in [4.78, 5) is 13.9. The fourth-order valence-corrected chi connectivity index (χ4v) is 10.1. The molecule has 0 amide bonds. The van der Waals surface area contributed by atoms with E-state index in [1.165, 1.54) is 5.56 Å². The summed E-state index contributed by atoms with van der Waals surface area (Å²) in [5, 5.41) is 0.728. The Labute approximate surface area is 490 Å². The first-order valence-electron chi connectivity index (χ1n) is 27.4. The van der Waals surface area contributed by atoms with E-state index in [4.69, 9.17) is 42.1 Å². The van der Waals surface area contributed by atoms with Crippen LogP contribution in [-0.2, 0) is 53.9 Å². The minimum Gasteiger partial charge on any atom is -0.508 e. The summed E-state index contributed by atoms with van der Waals surface area (Å²) in [5.41, 5.74) is 10.2. The first kappa shape index (κ1) is 57.7. The summed E-state index contributed by atoms with van der Waals surface area (Å²) in [6.07, 6.45) is 5.36. The Morgan fingerprint density at radius 2 is 1.07 bits per heavy atom. The standard InChI is InChI=1S/C61H68B6N5O7.Pt/c1-57(2,3)43-29-30-69-56(32-43)72-52-28-25-42(41-21-17-16-18-22-41)31-51(52)50-27-26-48(37-55(50)72)73-49-36-47(38-68-39-49)71-40-70(53-23-19-20-24-54(53)71)46-34-44(62-74-64(58(4,5)6)78-65(75-62)59(7,8)9)33-45(35-46)63-76-66(60(10,11)12)79-67(77-63)61(13,14)15;/h16-35,38-40H,1-15H3;/q-3;. The van der Waals surface area contributed by atoms with E-state index in [0.717, 1.165) is 66.7 Å². The monoisotopic (exact) mass is 1240 g/mol. The molecule has 8 aromatic rings. The first-order chi connectivity index (χ1) is 37.3. The van der Waals surface area contributed by atoms with Crippen molar-refractivity contribution in [2.24, 2.45) is 0 Å². The van der Waals surface area contributed by atoms with Gasteiger partial charge in [-0.15, -0.1) is 30.3 Å². The van der Waals surface area contributed by atoms with Crippen LogP contribution < -0.4 is 25.5 Å². The molecular formula is C61H68B6N5O7Pt-3. The summed E-state index contributed by atoms with van der Waals surface area (Å²) in [6.45, 7) is 34.1. The Balaban J connectivity index is 0.00000720. The van der Waals surface area contributed by atoms with E-state index < -0.39 is 42.7 Å². The van der Waals surface area contributed by atoms with Crippen LogP contribution in [0.1, 0.15) is 109 Å². The van der Waals surface area contributed by atoms with E-state index in [-0.39, 0.29) is 47.7 Å². The summed E-state index contributed by atoms with van der Waals surface area (Å²) in [6, 6.07) is 47.2. The number of aromatic nitrogens is 3. The van der Waals surface area contributed by atoms with Crippen molar-refractivity contribution in [2.45, 2.75) is 131 Å². The maximum Gasteiger partial charge on any atom is 0.466 e. The molecule has 0 unspecified atom stereocenters. The Morgan fingerprint density at radius 1 is 0.512 bits per heavy atom. The van der Waals surface area contributed by atoms with E-state index >= 15 is 0 Å². The molecule has 3 aliphatic heterocycles. The minimum absolute atomic E-state index is 0. The van der Waals surface area contributed by atoms with Crippen LogP contribution in [-0.4, -0.2) is 57.2 Å². The van der Waals surface area contributed by atoms with E-state index in [1.807, 2.05) is 37.1 Å². The van der Waals surface area contributed by atoms with Gasteiger partial charge in [-0.3, -0.25) is 0 Å². The molecule has 0 bridgehead atoms. The second-order valence-corrected chi connectivity index (χ2v) is 26.5. The van der Waals surface area contributed by atoms with E-state index in [0.29, 0.717) is 17.2 Å². The second-order valence-electron chi connectivity index (χ2n) is 26.5. The smallest absolute Gasteiger partial charge is 0.466 e. The predicted molar refractivity (Wildman–Crippen MR) is 325 cm³/mol. The SMILES string of the molecule is CC(C)(C)B1OB(c2cc(B3OB(C(C)(C)C)OB(C(C)(C)C)O3)cc(N3[CH-]N(c4[c-]c(Oc5[c-]c6c(cc5)c5cc(-c7ccccc7)ccc5n6-c5cc(C(C)(C)C)ccn5)cnc4)c4ccccc43)c2)OB(C(C)(C)C)O1.[Pt]. The van der Waals surface area contributed by atoms with E-state index in [2.05, 4.69) is 221 Å². The molecule has 2 saturated heterocycles. The average Bonchev–Trinajstić information content (AvgIpc) is 4.01. The van der Waals surface area contributed by atoms with Crippen molar-refractivity contribution in [3.63, 3.8) is 0 Å². The molecule has 0 aliphatic carbocycles. The molecule has 0 spiro atoms. The third-order valence-corrected chi connectivity index (χ3v) is 14.4. The molecule has 11 rings (SSSR count). The third kappa shape index (κ3) is 11.7. The summed E-state index contributed by atoms with van der Waals surface area (Å²) in [5.74, 6) is 1.74. The average molecular weight is 1240 g/mol. The third-order valence-electron chi connectivity index (χ3n) is 14.4. The molecule has 3 aliphatic rings. The van der Waals surface area contributed by atoms with Gasteiger partial charge in [0.2, 0.25) is 0 Å². The Bertz CT molecular complexity index is 3450. The summed E-state index contributed by atoms with van der Waals surface area (Å²) >= 11 is 0. The van der Waals surface area contributed by atoms with Gasteiger partial charge in [0.1, 0.15) is 5.82 Å². The van der Waals surface area contributed by atoms with Crippen LogP contribution in [0.15, 0.2) is 134 Å². The quantitative estimate of drug-likeness (QED) is 0.107. The first-order valence-corrected chi connectivity index (χ1v) is 27.4. The largest absolute Gasteiger partial charge is 0.508 e. The van der Waals surface area contributed by atoms with Crippen LogP contribution >= 0.6 is 0 Å². The molecule has 80 heavy (non-hydrogen) atoms. The number of benzene rings is 5. The van der Waals surface area contributed by atoms with Crippen molar-refractivity contribution in [1.82, 2.24) is 14.5 Å². The van der Waals surface area contributed by atoms with Gasteiger partial charge in [0, 0.05) is 61.3 Å². The van der Waals surface area contributed by atoms with Gasteiger partial charge in [0.15, 0.2) is 0 Å². The molecule has 2 fully saturated rings. The molecule has 0 radical (unpaired) electrons. The number of fused-ring (bicyclic) bond motifs is 4. The molecule has 410 valence electrons. The van der Waals surface area contributed by atoms with Gasteiger partial charge in [0.25, 0.3) is 0 Å². The topological polar surface area (TPSA) is 102 Å². The zero-order chi connectivity index (χ0) is 56.0. The molecule has 0 saturated carbocycles. The Hall–Kier alpha value is -5.56. The molecule has 5 aromatic carbocycles. The Morgan fingerprint density at radius 3 is 1.64 bits per heavy atom. The van der Waals surface area contributed by atoms with Crippen LogP contribution in [0.25, 0.3) is 38.8 Å². The minimum atomic E-state index is -0.785. The van der Waals surface area contributed by atoms with Gasteiger partial charge < -0.3 is 51.5 Å². The normalized spacial score (nSPS) is 15.8. The van der Waals surface area contributed by atoms with Crippen LogP contribution in [0.4, 0.5) is 22.7 Å². The van der Waals surface area contributed by atoms with Crippen molar-refractivity contribution < 1.29 is 53.2 Å². The molecule has 3 aromatic heterocycles. The van der Waals surface area contributed by atoms with Crippen LogP contribution in [0.2, 0.25) is 21.3 Å². The maximum atomic E-state index is 6.78. The van der Waals surface area contributed by atoms with Crippen molar-refractivity contribution in [3.05, 3.63) is 158 Å². The van der Waals surface area contributed by atoms with Crippen molar-refractivity contribution in [1.29, 1.82) is 0 Å². The van der Waals surface area contributed by atoms with Gasteiger partial charge in [-0.2, -0.15) is 6.07 Å². The summed E-state index contributed by atoms with van der Waals surface area (Å²) in [7, 11) is -3.79. The number of nitrogens with zero attached hydrogens (tertiary/aromatic N) is 5.